The van der Waals surface area contributed by atoms with Gasteiger partial charge in [0.05, 0.1) is 24.5 Å². The van der Waals surface area contributed by atoms with Crippen LogP contribution in [-0.4, -0.2) is 26.7 Å². The molecule has 0 spiro atoms. The van der Waals surface area contributed by atoms with E-state index in [1.54, 1.807) is 24.3 Å². The maximum atomic E-state index is 12.4. The van der Waals surface area contributed by atoms with Crippen molar-refractivity contribution in [3.63, 3.8) is 0 Å². The van der Waals surface area contributed by atoms with Gasteiger partial charge >= 0.3 is 0 Å². The van der Waals surface area contributed by atoms with Crippen molar-refractivity contribution in [2.24, 2.45) is 0 Å². The van der Waals surface area contributed by atoms with Crippen molar-refractivity contribution in [2.45, 2.75) is 51.2 Å². The first kappa shape index (κ1) is 21.2. The fraction of sp³-hybridized carbons (Fsp3) is 0.409. The molecule has 1 amide bonds. The predicted octanol–water partition coefficient (Wildman–Crippen LogP) is 3.63. The Balaban J connectivity index is 1.55. The molecule has 29 heavy (non-hydrogen) atoms. The molecule has 0 saturated heterocycles. The molecular weight excluding hydrogens is 388 g/mol. The molecule has 0 bridgehead atoms. The summed E-state index contributed by atoms with van der Waals surface area (Å²) in [7, 11) is -3.40. The molecule has 6 nitrogen and oxygen atoms in total. The van der Waals surface area contributed by atoms with Gasteiger partial charge in [0.15, 0.2) is 0 Å². The normalized spacial score (nSPS) is 14.9. The highest BCUT2D eigenvalue weighted by Gasteiger charge is 2.15. The second-order valence-corrected chi connectivity index (χ2v) is 9.26. The number of nitrogens with one attached hydrogen (secondary N) is 2. The second-order valence-electron chi connectivity index (χ2n) is 7.51. The third kappa shape index (κ3) is 7.09. The maximum Gasteiger partial charge on any atom is 0.229 e. The molecule has 0 radical (unpaired) electrons. The van der Waals surface area contributed by atoms with E-state index in [9.17, 15) is 13.2 Å². The zero-order valence-electron chi connectivity index (χ0n) is 16.7. The first-order valence-electron chi connectivity index (χ1n) is 9.97. The van der Waals surface area contributed by atoms with Crippen LogP contribution in [0, 0.1) is 0 Å². The molecule has 0 atom stereocenters. The van der Waals surface area contributed by atoms with Crippen molar-refractivity contribution < 1.29 is 17.9 Å². The van der Waals surface area contributed by atoms with Crippen molar-refractivity contribution in [1.82, 2.24) is 5.32 Å². The SMILES string of the molecule is CS(=O)(=O)Nc1ccccc1CC(=O)NCc1cccc(OC2CCCCC2)c1. The number of benzene rings is 2. The third-order valence-corrected chi connectivity index (χ3v) is 5.50. The summed E-state index contributed by atoms with van der Waals surface area (Å²) in [5.74, 6) is 0.665. The maximum absolute atomic E-state index is 12.4. The Hall–Kier alpha value is -2.54. The van der Waals surface area contributed by atoms with Gasteiger partial charge in [-0.3, -0.25) is 9.52 Å². The van der Waals surface area contributed by atoms with Gasteiger partial charge in [-0.2, -0.15) is 0 Å². The van der Waals surface area contributed by atoms with Crippen LogP contribution in [0.1, 0.15) is 43.2 Å². The Morgan fingerprint density at radius 1 is 1.07 bits per heavy atom. The summed E-state index contributed by atoms with van der Waals surface area (Å²) in [5.41, 5.74) is 2.02. The molecule has 0 aliphatic heterocycles. The lowest BCUT2D eigenvalue weighted by atomic mass is 9.98. The summed E-state index contributed by atoms with van der Waals surface area (Å²) in [4.78, 5) is 12.4. The number of para-hydroxylation sites is 1. The largest absolute Gasteiger partial charge is 0.490 e. The molecule has 1 saturated carbocycles. The first-order chi connectivity index (χ1) is 13.9. The molecule has 0 unspecified atom stereocenters. The molecule has 7 heteroatoms. The van der Waals surface area contributed by atoms with Gasteiger partial charge in [0.2, 0.25) is 15.9 Å². The number of anilines is 1. The average molecular weight is 417 g/mol. The highest BCUT2D eigenvalue weighted by Crippen LogP contribution is 2.24. The molecule has 0 heterocycles. The predicted molar refractivity (Wildman–Crippen MR) is 114 cm³/mol. The van der Waals surface area contributed by atoms with E-state index in [0.717, 1.165) is 30.4 Å². The number of hydrogen-bond acceptors (Lipinski definition) is 4. The number of ether oxygens (including phenoxy) is 1. The quantitative estimate of drug-likeness (QED) is 0.688. The molecule has 2 aromatic carbocycles. The standard InChI is InChI=1S/C22H28N2O4S/c1-29(26,27)24-21-13-6-5-9-18(21)15-22(25)23-16-17-8-7-12-20(14-17)28-19-10-3-2-4-11-19/h5-9,12-14,19,24H,2-4,10-11,15-16H2,1H3,(H,23,25). The highest BCUT2D eigenvalue weighted by molar-refractivity contribution is 7.92. The smallest absolute Gasteiger partial charge is 0.229 e. The van der Waals surface area contributed by atoms with E-state index >= 15 is 0 Å². The minimum Gasteiger partial charge on any atom is -0.490 e. The molecular formula is C22H28N2O4S. The van der Waals surface area contributed by atoms with E-state index in [-0.39, 0.29) is 18.4 Å². The number of carbonyl (C=O) groups is 1. The molecule has 1 fully saturated rings. The van der Waals surface area contributed by atoms with Crippen LogP contribution in [0.25, 0.3) is 0 Å². The molecule has 1 aliphatic rings. The minimum absolute atomic E-state index is 0.0942. The Labute approximate surface area is 172 Å². The number of carbonyl (C=O) groups excluding carboxylic acids is 1. The van der Waals surface area contributed by atoms with E-state index in [1.807, 2.05) is 24.3 Å². The van der Waals surface area contributed by atoms with Crippen LogP contribution >= 0.6 is 0 Å². The lowest BCUT2D eigenvalue weighted by molar-refractivity contribution is -0.120. The topological polar surface area (TPSA) is 84.5 Å². The fourth-order valence-electron chi connectivity index (χ4n) is 3.51. The number of hydrogen-bond donors (Lipinski definition) is 2. The third-order valence-electron chi connectivity index (χ3n) is 4.91. The van der Waals surface area contributed by atoms with Crippen LogP contribution in [-0.2, 0) is 27.8 Å². The molecule has 0 aromatic heterocycles. The van der Waals surface area contributed by atoms with Gasteiger partial charge in [0, 0.05) is 6.54 Å². The van der Waals surface area contributed by atoms with E-state index in [2.05, 4.69) is 10.0 Å². The molecule has 156 valence electrons. The van der Waals surface area contributed by atoms with E-state index < -0.39 is 10.0 Å². The summed E-state index contributed by atoms with van der Waals surface area (Å²) in [6, 6.07) is 14.7. The van der Waals surface area contributed by atoms with E-state index in [1.165, 1.54) is 19.3 Å². The van der Waals surface area contributed by atoms with Crippen molar-refractivity contribution >= 4 is 21.6 Å². The van der Waals surface area contributed by atoms with Crippen molar-refractivity contribution in [2.75, 3.05) is 11.0 Å². The first-order valence-corrected chi connectivity index (χ1v) is 11.9. The Bertz CT molecular complexity index is 937. The van der Waals surface area contributed by atoms with Gasteiger partial charge < -0.3 is 10.1 Å². The lowest BCUT2D eigenvalue weighted by Crippen LogP contribution is -2.25. The van der Waals surface area contributed by atoms with Gasteiger partial charge in [0.1, 0.15) is 5.75 Å². The van der Waals surface area contributed by atoms with Gasteiger partial charge in [-0.15, -0.1) is 0 Å². The highest BCUT2D eigenvalue weighted by atomic mass is 32.2. The summed E-state index contributed by atoms with van der Waals surface area (Å²) in [6.45, 7) is 0.391. The monoisotopic (exact) mass is 416 g/mol. The summed E-state index contributed by atoms with van der Waals surface area (Å²) in [5, 5.41) is 2.90. The van der Waals surface area contributed by atoms with Gasteiger partial charge in [-0.25, -0.2) is 8.42 Å². The number of rotatable bonds is 8. The Morgan fingerprint density at radius 2 is 1.83 bits per heavy atom. The van der Waals surface area contributed by atoms with Crippen molar-refractivity contribution in [3.8, 4) is 5.75 Å². The second kappa shape index (κ2) is 9.78. The van der Waals surface area contributed by atoms with Crippen LogP contribution in [0.2, 0.25) is 0 Å². The molecule has 2 aromatic rings. The van der Waals surface area contributed by atoms with E-state index in [4.69, 9.17) is 4.74 Å². The number of sulfonamides is 1. The van der Waals surface area contributed by atoms with Crippen molar-refractivity contribution in [1.29, 1.82) is 0 Å². The van der Waals surface area contributed by atoms with E-state index in [0.29, 0.717) is 17.8 Å². The van der Waals surface area contributed by atoms with Gasteiger partial charge in [-0.05, 0) is 55.0 Å². The lowest BCUT2D eigenvalue weighted by Gasteiger charge is -2.23. The summed E-state index contributed by atoms with van der Waals surface area (Å²) < 4.78 is 31.5. The molecule has 2 N–H and O–H groups in total. The van der Waals surface area contributed by atoms with Crippen LogP contribution in [0.3, 0.4) is 0 Å². The molecule has 1 aliphatic carbocycles. The summed E-state index contributed by atoms with van der Waals surface area (Å²) in [6.07, 6.45) is 7.39. The Morgan fingerprint density at radius 3 is 2.59 bits per heavy atom. The number of amides is 1. The fourth-order valence-corrected chi connectivity index (χ4v) is 4.11. The zero-order chi connectivity index (χ0) is 20.7. The van der Waals surface area contributed by atoms with Crippen LogP contribution in [0.5, 0.6) is 5.75 Å². The van der Waals surface area contributed by atoms with Gasteiger partial charge in [0.25, 0.3) is 0 Å². The van der Waals surface area contributed by atoms with Crippen LogP contribution in [0.4, 0.5) is 5.69 Å². The summed E-state index contributed by atoms with van der Waals surface area (Å²) >= 11 is 0. The van der Waals surface area contributed by atoms with Crippen LogP contribution in [0.15, 0.2) is 48.5 Å². The zero-order valence-corrected chi connectivity index (χ0v) is 17.5. The average Bonchev–Trinajstić information content (AvgIpc) is 2.68. The minimum atomic E-state index is -3.40. The van der Waals surface area contributed by atoms with Gasteiger partial charge in [-0.1, -0.05) is 36.8 Å². The van der Waals surface area contributed by atoms with Crippen LogP contribution < -0.4 is 14.8 Å². The Kier molecular flexibility index (Phi) is 7.14. The van der Waals surface area contributed by atoms with Crippen molar-refractivity contribution in [3.05, 3.63) is 59.7 Å². The molecule has 3 rings (SSSR count).